The fraction of sp³-hybridized carbons (Fsp3) is 0.583. The van der Waals surface area contributed by atoms with E-state index in [1.807, 2.05) is 0 Å². The number of unbranched alkanes of at least 4 members (excludes halogenated alkanes) is 4. The summed E-state index contributed by atoms with van der Waals surface area (Å²) in [6.07, 6.45) is 9.52. The molecule has 0 saturated carbocycles. The lowest BCUT2D eigenvalue weighted by Gasteiger charge is -1.97. The van der Waals surface area contributed by atoms with Gasteiger partial charge in [-0.05, 0) is 25.0 Å². The summed E-state index contributed by atoms with van der Waals surface area (Å²) in [5, 5.41) is 7.13. The van der Waals surface area contributed by atoms with Crippen LogP contribution in [-0.2, 0) is 6.42 Å². The molecule has 0 aromatic carbocycles. The van der Waals surface area contributed by atoms with Crippen LogP contribution in [0.1, 0.15) is 50.4 Å². The highest BCUT2D eigenvalue weighted by Gasteiger charge is 1.97. The van der Waals surface area contributed by atoms with Gasteiger partial charge in [0.2, 0.25) is 0 Å². The molecule has 1 aromatic rings. The number of aromatic nitrogens is 2. The lowest BCUT2D eigenvalue weighted by molar-refractivity contribution is 0.627. The van der Waals surface area contributed by atoms with Gasteiger partial charge in [-0.15, -0.1) is 0 Å². The summed E-state index contributed by atoms with van der Waals surface area (Å²) >= 11 is 0. The van der Waals surface area contributed by atoms with E-state index in [1.165, 1.54) is 37.8 Å². The smallest absolute Gasteiger partial charge is 0.0845 e. The maximum absolute atomic E-state index is 4.11. The maximum Gasteiger partial charge on any atom is 0.0845 e. The molecular formula is C12H20N2. The van der Waals surface area contributed by atoms with E-state index < -0.39 is 0 Å². The molecule has 0 bridgehead atoms. The van der Waals surface area contributed by atoms with Gasteiger partial charge in [0.15, 0.2) is 0 Å². The molecule has 2 nitrogen and oxygen atoms in total. The van der Waals surface area contributed by atoms with Crippen molar-refractivity contribution in [2.24, 2.45) is 0 Å². The lowest BCUT2D eigenvalue weighted by Crippen LogP contribution is -1.86. The molecule has 0 aliphatic heterocycles. The molecule has 1 rings (SSSR count). The summed E-state index contributed by atoms with van der Waals surface area (Å²) in [6, 6.07) is 2.08. The number of hydrogen-bond donors (Lipinski definition) is 1. The van der Waals surface area contributed by atoms with Crippen LogP contribution in [0.4, 0.5) is 0 Å². The molecule has 0 unspecified atom stereocenters. The molecule has 1 heterocycles. The maximum atomic E-state index is 4.11. The first kappa shape index (κ1) is 11.0. The zero-order valence-electron chi connectivity index (χ0n) is 9.05. The average molecular weight is 192 g/mol. The van der Waals surface area contributed by atoms with E-state index in [0.29, 0.717) is 0 Å². The standard InChI is InChI=1S/C12H20N2/c1-3-5-6-7-8-9-12-10-11(4-2)13-14-12/h4,10H,2-3,5-9H2,1H3,(H,13,14). The highest BCUT2D eigenvalue weighted by molar-refractivity contribution is 5.41. The van der Waals surface area contributed by atoms with Crippen LogP contribution in [0.5, 0.6) is 0 Å². The van der Waals surface area contributed by atoms with Gasteiger partial charge < -0.3 is 0 Å². The first-order valence-corrected chi connectivity index (χ1v) is 5.53. The molecule has 1 N–H and O–H groups in total. The van der Waals surface area contributed by atoms with Gasteiger partial charge in [0.1, 0.15) is 0 Å². The molecule has 0 radical (unpaired) electrons. The molecule has 0 aliphatic carbocycles. The number of rotatable bonds is 7. The Morgan fingerprint density at radius 1 is 1.36 bits per heavy atom. The van der Waals surface area contributed by atoms with Gasteiger partial charge in [-0.1, -0.05) is 39.2 Å². The molecule has 0 atom stereocenters. The van der Waals surface area contributed by atoms with Crippen molar-refractivity contribution >= 4 is 6.08 Å². The van der Waals surface area contributed by atoms with Crippen LogP contribution < -0.4 is 0 Å². The van der Waals surface area contributed by atoms with Crippen LogP contribution in [0.25, 0.3) is 6.08 Å². The summed E-state index contributed by atoms with van der Waals surface area (Å²) in [5.74, 6) is 0. The summed E-state index contributed by atoms with van der Waals surface area (Å²) in [7, 11) is 0. The third-order valence-corrected chi connectivity index (χ3v) is 2.41. The quantitative estimate of drug-likeness (QED) is 0.657. The van der Waals surface area contributed by atoms with Crippen LogP contribution in [0.15, 0.2) is 12.6 Å². The predicted octanol–water partition coefficient (Wildman–Crippen LogP) is 3.57. The van der Waals surface area contributed by atoms with E-state index >= 15 is 0 Å². The first-order chi connectivity index (χ1) is 6.86. The Hall–Kier alpha value is -1.05. The zero-order valence-corrected chi connectivity index (χ0v) is 9.05. The summed E-state index contributed by atoms with van der Waals surface area (Å²) in [6.45, 7) is 5.92. The van der Waals surface area contributed by atoms with Gasteiger partial charge in [-0.2, -0.15) is 5.10 Å². The van der Waals surface area contributed by atoms with Crippen molar-refractivity contribution in [1.82, 2.24) is 10.2 Å². The van der Waals surface area contributed by atoms with E-state index in [2.05, 4.69) is 29.8 Å². The van der Waals surface area contributed by atoms with Crippen molar-refractivity contribution in [3.63, 3.8) is 0 Å². The molecule has 0 fully saturated rings. The number of H-pyrrole nitrogens is 1. The van der Waals surface area contributed by atoms with Crippen molar-refractivity contribution in [2.75, 3.05) is 0 Å². The number of hydrogen-bond acceptors (Lipinski definition) is 1. The van der Waals surface area contributed by atoms with E-state index in [4.69, 9.17) is 0 Å². The minimum atomic E-state index is 0.952. The van der Waals surface area contributed by atoms with E-state index in [9.17, 15) is 0 Å². The second-order valence-electron chi connectivity index (χ2n) is 3.69. The topological polar surface area (TPSA) is 28.7 Å². The molecular weight excluding hydrogens is 172 g/mol. The highest BCUT2D eigenvalue weighted by atomic mass is 15.1. The van der Waals surface area contributed by atoms with Gasteiger partial charge in [0.05, 0.1) is 5.69 Å². The second-order valence-corrected chi connectivity index (χ2v) is 3.69. The second kappa shape index (κ2) is 6.41. The predicted molar refractivity (Wildman–Crippen MR) is 61.1 cm³/mol. The number of aryl methyl sites for hydroxylation is 1. The highest BCUT2D eigenvalue weighted by Crippen LogP contribution is 2.08. The molecule has 0 aliphatic rings. The van der Waals surface area contributed by atoms with Gasteiger partial charge in [0, 0.05) is 5.69 Å². The minimum Gasteiger partial charge on any atom is -0.282 e. The molecule has 1 aromatic heterocycles. The Morgan fingerprint density at radius 2 is 2.14 bits per heavy atom. The van der Waals surface area contributed by atoms with Crippen molar-refractivity contribution < 1.29 is 0 Å². The Kier molecular flexibility index (Phi) is 5.05. The fourth-order valence-corrected chi connectivity index (χ4v) is 1.53. The summed E-state index contributed by atoms with van der Waals surface area (Å²) in [4.78, 5) is 0. The Balaban J connectivity index is 2.14. The fourth-order valence-electron chi connectivity index (χ4n) is 1.53. The monoisotopic (exact) mass is 192 g/mol. The Labute approximate surface area is 86.4 Å². The molecule has 14 heavy (non-hydrogen) atoms. The molecule has 0 saturated heterocycles. The Morgan fingerprint density at radius 3 is 2.79 bits per heavy atom. The molecule has 2 heteroatoms. The van der Waals surface area contributed by atoms with Crippen molar-refractivity contribution in [1.29, 1.82) is 0 Å². The number of nitrogens with one attached hydrogen (secondary N) is 1. The van der Waals surface area contributed by atoms with Gasteiger partial charge >= 0.3 is 0 Å². The SMILES string of the molecule is C=Cc1cc(CCCCCCC)[nH]n1. The third kappa shape index (κ3) is 3.77. The van der Waals surface area contributed by atoms with Gasteiger partial charge in [-0.25, -0.2) is 0 Å². The summed E-state index contributed by atoms with van der Waals surface area (Å²) < 4.78 is 0. The van der Waals surface area contributed by atoms with E-state index in [1.54, 1.807) is 6.08 Å². The zero-order chi connectivity index (χ0) is 10.2. The third-order valence-electron chi connectivity index (χ3n) is 2.41. The Bertz CT molecular complexity index is 263. The molecule has 0 spiro atoms. The number of aromatic amines is 1. The average Bonchev–Trinajstić information content (AvgIpc) is 2.65. The van der Waals surface area contributed by atoms with E-state index in [0.717, 1.165) is 12.1 Å². The van der Waals surface area contributed by atoms with E-state index in [-0.39, 0.29) is 0 Å². The normalized spacial score (nSPS) is 10.4. The number of nitrogens with zero attached hydrogens (tertiary/aromatic N) is 1. The summed E-state index contributed by atoms with van der Waals surface area (Å²) in [5.41, 5.74) is 2.19. The van der Waals surface area contributed by atoms with Crippen LogP contribution in [-0.4, -0.2) is 10.2 Å². The molecule has 78 valence electrons. The van der Waals surface area contributed by atoms with Crippen LogP contribution in [0, 0.1) is 0 Å². The van der Waals surface area contributed by atoms with Crippen molar-refractivity contribution in [2.45, 2.75) is 45.4 Å². The molecule has 0 amide bonds. The van der Waals surface area contributed by atoms with Crippen molar-refractivity contribution in [3.8, 4) is 0 Å². The van der Waals surface area contributed by atoms with Gasteiger partial charge in [-0.3, -0.25) is 5.10 Å². The van der Waals surface area contributed by atoms with Gasteiger partial charge in [0.25, 0.3) is 0 Å². The minimum absolute atomic E-state index is 0.952. The van der Waals surface area contributed by atoms with Crippen LogP contribution in [0.2, 0.25) is 0 Å². The first-order valence-electron chi connectivity index (χ1n) is 5.53. The van der Waals surface area contributed by atoms with Crippen molar-refractivity contribution in [3.05, 3.63) is 24.0 Å². The lowest BCUT2D eigenvalue weighted by atomic mass is 10.1. The van der Waals surface area contributed by atoms with Crippen LogP contribution >= 0.6 is 0 Å². The largest absolute Gasteiger partial charge is 0.282 e. The van der Waals surface area contributed by atoms with Crippen LogP contribution in [0.3, 0.4) is 0 Å².